The van der Waals surface area contributed by atoms with Crippen LogP contribution in [0.1, 0.15) is 40.6 Å². The fourth-order valence-corrected chi connectivity index (χ4v) is 31.8. The average Bonchev–Trinajstić information content (AvgIpc) is 4.06. The van der Waals surface area contributed by atoms with E-state index in [2.05, 4.69) is 217 Å². The van der Waals surface area contributed by atoms with Gasteiger partial charge >= 0.3 is 431 Å². The van der Waals surface area contributed by atoms with Crippen molar-refractivity contribution in [2.75, 3.05) is 0 Å². The fourth-order valence-electron chi connectivity index (χ4n) is 12.1. The third-order valence-corrected chi connectivity index (χ3v) is 34.8. The zero-order chi connectivity index (χ0) is 48.8. The fraction of sp³-hybridized carbons (Fsp3) is 0.0312. The second-order valence-electron chi connectivity index (χ2n) is 18.8. The van der Waals surface area contributed by atoms with Crippen LogP contribution in [0.15, 0.2) is 231 Å². The molecule has 72 heavy (non-hydrogen) atoms. The third kappa shape index (κ3) is 7.47. The first-order valence-electron chi connectivity index (χ1n) is 24.3. The van der Waals surface area contributed by atoms with E-state index in [0.29, 0.717) is 12.8 Å². The van der Waals surface area contributed by atoms with Crippen LogP contribution in [0.2, 0.25) is 0 Å². The Hall–Kier alpha value is -7.33. The van der Waals surface area contributed by atoms with E-state index in [1.54, 1.807) is 0 Å². The van der Waals surface area contributed by atoms with Gasteiger partial charge in [0, 0.05) is 0 Å². The van der Waals surface area contributed by atoms with Crippen molar-refractivity contribution in [3.8, 4) is 44.5 Å². The maximum absolute atomic E-state index is 13.1. The van der Waals surface area contributed by atoms with Gasteiger partial charge in [0.2, 0.25) is 0 Å². The molecule has 0 heterocycles. The van der Waals surface area contributed by atoms with E-state index in [1.165, 1.54) is 0 Å². The molecular formula is C64H46BCl2N2O2Zr. The molecule has 4 nitrogen and oxygen atoms in total. The maximum atomic E-state index is 13.1. The van der Waals surface area contributed by atoms with Crippen LogP contribution in [0.5, 0.6) is 0 Å². The third-order valence-electron chi connectivity index (χ3n) is 15.1. The molecule has 2 atom stereocenters. The number of benzene rings is 10. The molecule has 10 aromatic carbocycles. The first-order chi connectivity index (χ1) is 35.4. The van der Waals surface area contributed by atoms with Crippen LogP contribution in [-0.2, 0) is 25.8 Å². The van der Waals surface area contributed by atoms with Crippen LogP contribution in [0.3, 0.4) is 0 Å². The molecule has 0 aliphatic heterocycles. The van der Waals surface area contributed by atoms with Crippen molar-refractivity contribution in [1.29, 1.82) is 0 Å². The normalized spacial score (nSPS) is 15.4. The minimum absolute atomic E-state index is 0.622. The minimum atomic E-state index is -6.40. The number of nitrogens with one attached hydrogen (secondary N) is 2. The van der Waals surface area contributed by atoms with Crippen molar-refractivity contribution < 1.29 is 25.8 Å². The molecular weight excluding hydrogens is 1000 g/mol. The summed E-state index contributed by atoms with van der Waals surface area (Å²) in [7, 11) is 18.2. The van der Waals surface area contributed by atoms with Gasteiger partial charge in [0.25, 0.3) is 0 Å². The zero-order valence-corrected chi connectivity index (χ0v) is 43.0. The van der Waals surface area contributed by atoms with E-state index < -0.39 is 27.9 Å². The van der Waals surface area contributed by atoms with E-state index in [4.69, 9.17) is 17.0 Å². The van der Waals surface area contributed by atoms with Crippen LogP contribution in [0, 0.1) is 0 Å². The van der Waals surface area contributed by atoms with Crippen molar-refractivity contribution in [2.24, 2.45) is 0 Å². The molecule has 10 aromatic rings. The van der Waals surface area contributed by atoms with E-state index in [-0.39, 0.29) is 0 Å². The summed E-state index contributed by atoms with van der Waals surface area (Å²) in [6, 6.07) is 80.4. The van der Waals surface area contributed by atoms with Gasteiger partial charge in [-0.3, -0.25) is 0 Å². The van der Waals surface area contributed by atoms with Gasteiger partial charge in [-0.15, -0.1) is 0 Å². The van der Waals surface area contributed by atoms with Crippen LogP contribution in [-0.4, -0.2) is 17.3 Å². The van der Waals surface area contributed by atoms with Gasteiger partial charge in [-0.25, -0.2) is 0 Å². The number of carbonyl (C=O) groups is 2. The summed E-state index contributed by atoms with van der Waals surface area (Å²) in [5, 5.41) is 10.8. The van der Waals surface area contributed by atoms with E-state index in [9.17, 15) is 9.59 Å². The van der Waals surface area contributed by atoms with Gasteiger partial charge in [-0.1, -0.05) is 0 Å². The average molecular weight is 1050 g/mol. The standard InChI is InChI=1S/2C31H21.C2H3BN2O2.2ClH.Zr/c2*1-2-10-22(11-3-1)25-20-24-14-9-19-30(31(24)21-25)29-17-7-6-16-28(29)27-18-8-13-23-12-4-5-15-26(23)27;6-1-4-3-5-2-7;;;/h2*1-21H;1-2H,(H-,4,5,6,7);2*1H;/q;;;;;+1/p-1. The van der Waals surface area contributed by atoms with E-state index >= 15 is 0 Å². The van der Waals surface area contributed by atoms with Crippen LogP contribution in [0.4, 0.5) is 0 Å². The number of amides is 2. The first kappa shape index (κ1) is 45.8. The molecule has 0 aromatic heterocycles. The van der Waals surface area contributed by atoms with Crippen molar-refractivity contribution in [3.63, 3.8) is 0 Å². The van der Waals surface area contributed by atoms with Gasteiger partial charge in [-0.2, -0.15) is 0 Å². The zero-order valence-electron chi connectivity index (χ0n) is 39.1. The van der Waals surface area contributed by atoms with Crippen molar-refractivity contribution in [2.45, 2.75) is 7.25 Å². The predicted molar refractivity (Wildman–Crippen MR) is 300 cm³/mol. The monoisotopic (exact) mass is 1050 g/mol. The molecule has 0 saturated heterocycles. The topological polar surface area (TPSA) is 58.2 Å². The molecule has 2 unspecified atom stereocenters. The molecule has 0 fully saturated rings. The number of hydrogen-bond donors (Lipinski definition) is 2. The number of hydrogen-bond acceptors (Lipinski definition) is 2. The summed E-state index contributed by atoms with van der Waals surface area (Å²) in [5.41, 5.74) is 16.3. The Labute approximate surface area is 427 Å². The SMILES string of the molecule is O=CN[B](NC=O)[Zr]([Cl])([Cl])([CH]1C(c2ccccc2)=Cc2c(-c3ccccc3-c3cccc4ccccc34)cccc21)[CH]1C(c2ccccc2)=Cc2c(-c3ccccc3-c3cccc4ccccc34)cccc21. The Morgan fingerprint density at radius 2 is 0.681 bits per heavy atom. The molecule has 0 saturated carbocycles. The molecule has 12 rings (SSSR count). The number of halogens is 2. The van der Waals surface area contributed by atoms with E-state index in [0.717, 1.165) is 111 Å². The van der Waals surface area contributed by atoms with Crippen molar-refractivity contribution in [1.82, 2.24) is 10.5 Å². The summed E-state index contributed by atoms with van der Waals surface area (Å²) in [6.45, 7) is 0. The quantitative estimate of drug-likeness (QED) is 0.0893. The molecule has 0 spiro atoms. The molecule has 2 amide bonds. The van der Waals surface area contributed by atoms with Crippen molar-refractivity contribution in [3.05, 3.63) is 264 Å². The van der Waals surface area contributed by atoms with Crippen LogP contribution < -0.4 is 10.5 Å². The molecule has 345 valence electrons. The van der Waals surface area contributed by atoms with Gasteiger partial charge in [-0.05, 0) is 0 Å². The number of allylic oxidation sites excluding steroid dienone is 2. The van der Waals surface area contributed by atoms with Gasteiger partial charge in [0.15, 0.2) is 0 Å². The van der Waals surface area contributed by atoms with Gasteiger partial charge in [0.1, 0.15) is 0 Å². The van der Waals surface area contributed by atoms with Crippen LogP contribution in [0.25, 0.3) is 89.4 Å². The number of carbonyl (C=O) groups excluding carboxylic acids is 2. The molecule has 8 heteroatoms. The van der Waals surface area contributed by atoms with Crippen molar-refractivity contribution >= 4 is 79.2 Å². The second-order valence-corrected chi connectivity index (χ2v) is 40.2. The molecule has 2 aliphatic rings. The summed E-state index contributed by atoms with van der Waals surface area (Å²) >= 11 is -6.40. The second kappa shape index (κ2) is 18.7. The summed E-state index contributed by atoms with van der Waals surface area (Å²) in [4.78, 5) is 26.3. The molecule has 2 aliphatic carbocycles. The molecule has 2 N–H and O–H groups in total. The molecule has 0 radical (unpaired) electrons. The van der Waals surface area contributed by atoms with Gasteiger partial charge in [0.05, 0.1) is 0 Å². The van der Waals surface area contributed by atoms with E-state index in [1.807, 2.05) is 36.4 Å². The Morgan fingerprint density at radius 1 is 0.361 bits per heavy atom. The Morgan fingerprint density at radius 3 is 1.10 bits per heavy atom. The summed E-state index contributed by atoms with van der Waals surface area (Å²) < 4.78 is -2.44. The molecule has 0 bridgehead atoms. The Balaban J connectivity index is 1.13. The number of fused-ring (bicyclic) bond motifs is 4. The number of rotatable bonds is 13. The first-order valence-corrected chi connectivity index (χ1v) is 34.9. The van der Waals surface area contributed by atoms with Crippen LogP contribution >= 0.6 is 17.0 Å². The summed E-state index contributed by atoms with van der Waals surface area (Å²) in [6.07, 6.45) is 5.77. The van der Waals surface area contributed by atoms with Gasteiger partial charge < -0.3 is 0 Å². The Kier molecular flexibility index (Phi) is 11.9. The summed E-state index contributed by atoms with van der Waals surface area (Å²) in [5.74, 6) is 0. The predicted octanol–water partition coefficient (Wildman–Crippen LogP) is 16.0. The Bertz CT molecular complexity index is 3580.